The highest BCUT2D eigenvalue weighted by Gasteiger charge is 2.39. The maximum Gasteiger partial charge on any atom is 0.236 e. The van der Waals surface area contributed by atoms with Gasteiger partial charge in [0.05, 0.1) is 5.25 Å². The van der Waals surface area contributed by atoms with Crippen LogP contribution in [0.15, 0.2) is 11.4 Å². The van der Waals surface area contributed by atoms with Crippen LogP contribution >= 0.6 is 23.1 Å². The van der Waals surface area contributed by atoms with Gasteiger partial charge < -0.3 is 10.2 Å². The number of thiophene rings is 1. The summed E-state index contributed by atoms with van der Waals surface area (Å²) < 4.78 is 0. The number of hydrogen-bond donors (Lipinski definition) is 1. The van der Waals surface area contributed by atoms with Crippen molar-refractivity contribution >= 4 is 29.0 Å². The van der Waals surface area contributed by atoms with Crippen molar-refractivity contribution in [2.45, 2.75) is 44.4 Å². The Morgan fingerprint density at radius 3 is 2.79 bits per heavy atom. The maximum atomic E-state index is 12.3. The third-order valence-electron chi connectivity index (χ3n) is 3.28. The Labute approximate surface area is 123 Å². The van der Waals surface area contributed by atoms with Gasteiger partial charge in [-0.1, -0.05) is 13.8 Å². The first-order chi connectivity index (χ1) is 9.00. The summed E-state index contributed by atoms with van der Waals surface area (Å²) in [6.07, 6.45) is 0. The number of carbonyl (C=O) groups excluding carboxylic acids is 1. The standard InChI is InChI=1S/C14H22N2OS2/c1-9(2)15-6-7-16-13(17)11(4)19-14(16)12-10(3)5-8-18-12/h5,8-9,11,14-15H,6-7H2,1-4H3. The number of carbonyl (C=O) groups is 1. The summed E-state index contributed by atoms with van der Waals surface area (Å²) in [5, 5.41) is 5.78. The van der Waals surface area contributed by atoms with Gasteiger partial charge in [0, 0.05) is 24.0 Å². The van der Waals surface area contributed by atoms with Crippen molar-refractivity contribution in [2.75, 3.05) is 13.1 Å². The first-order valence-corrected chi connectivity index (χ1v) is 8.56. The van der Waals surface area contributed by atoms with E-state index < -0.39 is 0 Å². The summed E-state index contributed by atoms with van der Waals surface area (Å²) in [5.41, 5.74) is 1.30. The molecule has 2 unspecified atom stereocenters. The number of aryl methyl sites for hydroxylation is 1. The van der Waals surface area contributed by atoms with Crippen molar-refractivity contribution in [3.63, 3.8) is 0 Å². The minimum absolute atomic E-state index is 0.0746. The minimum atomic E-state index is 0.0746. The number of nitrogens with one attached hydrogen (secondary N) is 1. The number of amides is 1. The fourth-order valence-electron chi connectivity index (χ4n) is 2.22. The van der Waals surface area contributed by atoms with Crippen LogP contribution in [0.2, 0.25) is 0 Å². The number of hydrogen-bond acceptors (Lipinski definition) is 4. The van der Waals surface area contributed by atoms with Gasteiger partial charge in [-0.05, 0) is 30.9 Å². The molecule has 0 radical (unpaired) electrons. The molecule has 106 valence electrons. The Balaban J connectivity index is 2.08. The van der Waals surface area contributed by atoms with Gasteiger partial charge >= 0.3 is 0 Å². The Kier molecular flexibility index (Phi) is 4.92. The SMILES string of the molecule is Cc1ccsc1C1SC(C)C(=O)N1CCNC(C)C. The monoisotopic (exact) mass is 298 g/mol. The molecule has 2 heterocycles. The second-order valence-corrected chi connectivity index (χ2v) is 7.61. The van der Waals surface area contributed by atoms with Crippen LogP contribution in [0.3, 0.4) is 0 Å². The second kappa shape index (κ2) is 6.29. The van der Waals surface area contributed by atoms with E-state index in [-0.39, 0.29) is 16.5 Å². The van der Waals surface area contributed by atoms with E-state index in [9.17, 15) is 4.79 Å². The molecule has 0 spiro atoms. The Morgan fingerprint density at radius 2 is 2.21 bits per heavy atom. The van der Waals surface area contributed by atoms with Gasteiger partial charge in [-0.25, -0.2) is 0 Å². The van der Waals surface area contributed by atoms with Crippen LogP contribution in [0.4, 0.5) is 0 Å². The van der Waals surface area contributed by atoms with Crippen LogP contribution in [0, 0.1) is 6.92 Å². The minimum Gasteiger partial charge on any atom is -0.323 e. The molecular formula is C14H22N2OS2. The fraction of sp³-hybridized carbons (Fsp3) is 0.643. The molecule has 0 bridgehead atoms. The molecule has 1 fully saturated rings. The molecule has 0 saturated carbocycles. The molecule has 1 saturated heterocycles. The molecule has 1 aromatic rings. The zero-order valence-corrected chi connectivity index (χ0v) is 13.6. The van der Waals surface area contributed by atoms with Crippen molar-refractivity contribution in [1.82, 2.24) is 10.2 Å². The quantitative estimate of drug-likeness (QED) is 0.907. The van der Waals surface area contributed by atoms with E-state index >= 15 is 0 Å². The fourth-order valence-corrected chi connectivity index (χ4v) is 4.77. The molecule has 1 amide bonds. The number of thioether (sulfide) groups is 1. The molecule has 1 N–H and O–H groups in total. The van der Waals surface area contributed by atoms with E-state index in [1.54, 1.807) is 23.1 Å². The lowest BCUT2D eigenvalue weighted by Gasteiger charge is -2.24. The molecule has 0 aliphatic carbocycles. The highest BCUT2D eigenvalue weighted by molar-refractivity contribution is 8.01. The van der Waals surface area contributed by atoms with Crippen molar-refractivity contribution in [3.05, 3.63) is 21.9 Å². The number of nitrogens with zero attached hydrogens (tertiary/aromatic N) is 1. The normalized spacial score (nSPS) is 23.6. The zero-order valence-electron chi connectivity index (χ0n) is 12.0. The Hall–Kier alpha value is -0.520. The molecule has 1 aromatic heterocycles. The van der Waals surface area contributed by atoms with Gasteiger partial charge in [0.1, 0.15) is 5.37 Å². The van der Waals surface area contributed by atoms with Gasteiger partial charge in [-0.2, -0.15) is 0 Å². The van der Waals surface area contributed by atoms with Crippen LogP contribution in [0.5, 0.6) is 0 Å². The molecule has 5 heteroatoms. The average Bonchev–Trinajstić information content (AvgIpc) is 2.87. The third kappa shape index (κ3) is 3.33. The molecule has 19 heavy (non-hydrogen) atoms. The maximum absolute atomic E-state index is 12.3. The first kappa shape index (κ1) is 14.9. The lowest BCUT2D eigenvalue weighted by molar-refractivity contribution is -0.129. The van der Waals surface area contributed by atoms with E-state index in [0.29, 0.717) is 6.04 Å². The highest BCUT2D eigenvalue weighted by atomic mass is 32.2. The van der Waals surface area contributed by atoms with Gasteiger partial charge in [0.25, 0.3) is 0 Å². The largest absolute Gasteiger partial charge is 0.323 e. The first-order valence-electron chi connectivity index (χ1n) is 6.74. The van der Waals surface area contributed by atoms with Gasteiger partial charge in [-0.3, -0.25) is 4.79 Å². The summed E-state index contributed by atoms with van der Waals surface area (Å²) in [6, 6.07) is 2.60. The summed E-state index contributed by atoms with van der Waals surface area (Å²) in [5.74, 6) is 0.272. The van der Waals surface area contributed by atoms with E-state index in [2.05, 4.69) is 37.5 Å². The van der Waals surface area contributed by atoms with Gasteiger partial charge in [-0.15, -0.1) is 23.1 Å². The van der Waals surface area contributed by atoms with Crippen LogP contribution in [-0.4, -0.2) is 35.2 Å². The van der Waals surface area contributed by atoms with E-state index in [0.717, 1.165) is 13.1 Å². The lowest BCUT2D eigenvalue weighted by atomic mass is 10.2. The van der Waals surface area contributed by atoms with E-state index in [4.69, 9.17) is 0 Å². The molecule has 2 atom stereocenters. The van der Waals surface area contributed by atoms with Gasteiger partial charge in [0.15, 0.2) is 0 Å². The number of rotatable bonds is 5. The van der Waals surface area contributed by atoms with E-state index in [1.807, 2.05) is 11.8 Å². The molecule has 0 aromatic carbocycles. The molecule has 2 rings (SSSR count). The summed E-state index contributed by atoms with van der Waals surface area (Å²) in [4.78, 5) is 15.6. The van der Waals surface area contributed by atoms with Crippen LogP contribution in [0.1, 0.15) is 36.6 Å². The van der Waals surface area contributed by atoms with Crippen molar-refractivity contribution in [1.29, 1.82) is 0 Å². The van der Waals surface area contributed by atoms with Crippen LogP contribution < -0.4 is 5.32 Å². The predicted molar refractivity (Wildman–Crippen MR) is 83.7 cm³/mol. The Bertz CT molecular complexity index is 444. The van der Waals surface area contributed by atoms with Gasteiger partial charge in [0.2, 0.25) is 5.91 Å². The van der Waals surface area contributed by atoms with Crippen LogP contribution in [0.25, 0.3) is 0 Å². The summed E-state index contributed by atoms with van der Waals surface area (Å²) in [6.45, 7) is 10.0. The molecular weight excluding hydrogens is 276 g/mol. The summed E-state index contributed by atoms with van der Waals surface area (Å²) >= 11 is 3.53. The van der Waals surface area contributed by atoms with Crippen molar-refractivity contribution in [2.24, 2.45) is 0 Å². The third-order valence-corrected chi connectivity index (χ3v) is 5.86. The topological polar surface area (TPSA) is 32.3 Å². The summed E-state index contributed by atoms with van der Waals surface area (Å²) in [7, 11) is 0. The van der Waals surface area contributed by atoms with Crippen molar-refractivity contribution < 1.29 is 4.79 Å². The lowest BCUT2D eigenvalue weighted by Crippen LogP contribution is -2.38. The zero-order chi connectivity index (χ0) is 14.0. The van der Waals surface area contributed by atoms with Crippen LogP contribution in [-0.2, 0) is 4.79 Å². The average molecular weight is 298 g/mol. The van der Waals surface area contributed by atoms with Crippen molar-refractivity contribution in [3.8, 4) is 0 Å². The van der Waals surface area contributed by atoms with E-state index in [1.165, 1.54) is 10.4 Å². The molecule has 3 nitrogen and oxygen atoms in total. The highest BCUT2D eigenvalue weighted by Crippen LogP contribution is 2.45. The molecule has 1 aliphatic rings. The predicted octanol–water partition coefficient (Wildman–Crippen LogP) is 3.02. The Morgan fingerprint density at radius 1 is 1.47 bits per heavy atom. The second-order valence-electron chi connectivity index (χ2n) is 5.24. The molecule has 1 aliphatic heterocycles. The smallest absolute Gasteiger partial charge is 0.236 e.